The first-order chi connectivity index (χ1) is 15.4. The summed E-state index contributed by atoms with van der Waals surface area (Å²) in [6.45, 7) is 0.621. The zero-order chi connectivity index (χ0) is 22.8. The summed E-state index contributed by atoms with van der Waals surface area (Å²) in [4.78, 5) is 37.6. The average molecular weight is 439 g/mol. The topological polar surface area (TPSA) is 130 Å². The summed E-state index contributed by atoms with van der Waals surface area (Å²) in [5, 5.41) is 15.8. The Bertz CT molecular complexity index is 1100. The fourth-order valence-electron chi connectivity index (χ4n) is 4.48. The second kappa shape index (κ2) is 8.99. The lowest BCUT2D eigenvalue weighted by Crippen LogP contribution is -2.44. The molecule has 1 saturated carbocycles. The molecule has 2 heterocycles. The van der Waals surface area contributed by atoms with Crippen molar-refractivity contribution in [2.45, 2.75) is 50.6 Å². The Morgan fingerprint density at radius 1 is 1.28 bits per heavy atom. The van der Waals surface area contributed by atoms with E-state index in [-0.39, 0.29) is 23.9 Å². The number of fused-ring (bicyclic) bond motifs is 1. The van der Waals surface area contributed by atoms with E-state index < -0.39 is 29.7 Å². The van der Waals surface area contributed by atoms with Gasteiger partial charge in [-0.3, -0.25) is 14.4 Å². The molecule has 2 aliphatic rings. The molecule has 0 unspecified atom stereocenters. The van der Waals surface area contributed by atoms with Crippen LogP contribution in [0, 0.1) is 29.0 Å². The summed E-state index contributed by atoms with van der Waals surface area (Å²) < 4.78 is 15.5. The molecule has 168 valence electrons. The zero-order valence-electron chi connectivity index (χ0n) is 17.6. The standard InChI is InChI=1S/C23H26FN5O3/c24-16-6-5-14-10-19(21(26)30)29(18(14)11-16)20(8-13-3-4-13)23(32)28-17(12-25)9-15-2-1-7-27-22(15)31/h5-6,10-11,13,15,17,20H,1-4,7-9H2,(H2,26,30)(H,27,31)(H,28,32)/t15-,17-,20-/m0/s1. The SMILES string of the molecule is N#C[C@H](C[C@@H]1CCCNC1=O)NC(=O)[C@H](CC1CC1)n1c(C(N)=O)cc2ccc(F)cc21. The van der Waals surface area contributed by atoms with Gasteiger partial charge in [-0.05, 0) is 55.9 Å². The van der Waals surface area contributed by atoms with E-state index in [2.05, 4.69) is 16.7 Å². The summed E-state index contributed by atoms with van der Waals surface area (Å²) in [6, 6.07) is 6.07. The monoisotopic (exact) mass is 439 g/mol. The van der Waals surface area contributed by atoms with E-state index in [1.807, 2.05) is 0 Å². The Hall–Kier alpha value is -3.41. The van der Waals surface area contributed by atoms with Gasteiger partial charge in [0.1, 0.15) is 23.6 Å². The number of benzene rings is 1. The molecular weight excluding hydrogens is 413 g/mol. The molecule has 0 spiro atoms. The lowest BCUT2D eigenvalue weighted by molar-refractivity contribution is -0.128. The van der Waals surface area contributed by atoms with Crippen LogP contribution in [0.2, 0.25) is 0 Å². The number of hydrogen-bond donors (Lipinski definition) is 3. The Balaban J connectivity index is 1.64. The lowest BCUT2D eigenvalue weighted by atomic mass is 9.92. The zero-order valence-corrected chi connectivity index (χ0v) is 17.6. The van der Waals surface area contributed by atoms with Crippen LogP contribution in [0.4, 0.5) is 4.39 Å². The number of rotatable bonds is 8. The number of primary amides is 1. The Labute approximate surface area is 184 Å². The van der Waals surface area contributed by atoms with Crippen LogP contribution in [0.25, 0.3) is 10.9 Å². The third kappa shape index (κ3) is 4.59. The third-order valence-corrected chi connectivity index (χ3v) is 6.32. The van der Waals surface area contributed by atoms with Gasteiger partial charge < -0.3 is 20.9 Å². The number of nitrogens with two attached hydrogens (primary N) is 1. The van der Waals surface area contributed by atoms with Crippen LogP contribution in [-0.2, 0) is 9.59 Å². The van der Waals surface area contributed by atoms with Crippen molar-refractivity contribution in [2.75, 3.05) is 6.54 Å². The van der Waals surface area contributed by atoms with Crippen LogP contribution < -0.4 is 16.4 Å². The number of halogens is 1. The molecule has 32 heavy (non-hydrogen) atoms. The third-order valence-electron chi connectivity index (χ3n) is 6.32. The van der Waals surface area contributed by atoms with Gasteiger partial charge in [0.15, 0.2) is 0 Å². The van der Waals surface area contributed by atoms with Gasteiger partial charge in [0.05, 0.1) is 11.6 Å². The van der Waals surface area contributed by atoms with E-state index in [1.165, 1.54) is 16.7 Å². The summed E-state index contributed by atoms with van der Waals surface area (Å²) in [7, 11) is 0. The molecule has 0 bridgehead atoms. The summed E-state index contributed by atoms with van der Waals surface area (Å²) >= 11 is 0. The first kappa shape index (κ1) is 21.8. The van der Waals surface area contributed by atoms with Crippen LogP contribution >= 0.6 is 0 Å². The highest BCUT2D eigenvalue weighted by Crippen LogP contribution is 2.39. The normalized spacial score (nSPS) is 20.2. The van der Waals surface area contributed by atoms with Gasteiger partial charge in [-0.25, -0.2) is 4.39 Å². The van der Waals surface area contributed by atoms with Crippen molar-refractivity contribution in [1.82, 2.24) is 15.2 Å². The number of carbonyl (C=O) groups excluding carboxylic acids is 3. The van der Waals surface area contributed by atoms with Gasteiger partial charge in [-0.1, -0.05) is 12.8 Å². The highest BCUT2D eigenvalue weighted by Gasteiger charge is 2.35. The molecule has 0 radical (unpaired) electrons. The van der Waals surface area contributed by atoms with Gasteiger partial charge in [-0.2, -0.15) is 5.26 Å². The van der Waals surface area contributed by atoms with Gasteiger partial charge in [-0.15, -0.1) is 0 Å². The molecule has 4 rings (SSSR count). The number of nitriles is 1. The summed E-state index contributed by atoms with van der Waals surface area (Å²) in [5.74, 6) is -1.78. The Morgan fingerprint density at radius 2 is 2.06 bits per heavy atom. The molecule has 2 fully saturated rings. The minimum absolute atomic E-state index is 0.108. The van der Waals surface area contributed by atoms with Crippen LogP contribution in [-0.4, -0.2) is 34.9 Å². The summed E-state index contributed by atoms with van der Waals surface area (Å²) in [6.07, 6.45) is 4.09. The smallest absolute Gasteiger partial charge is 0.265 e. The number of nitrogens with one attached hydrogen (secondary N) is 2. The minimum atomic E-state index is -0.853. The molecule has 2 aromatic rings. The predicted molar refractivity (Wildman–Crippen MR) is 115 cm³/mol. The number of amides is 3. The molecule has 8 nitrogen and oxygen atoms in total. The van der Waals surface area contributed by atoms with Crippen LogP contribution in [0.3, 0.4) is 0 Å². The fraction of sp³-hybridized carbons (Fsp3) is 0.478. The van der Waals surface area contributed by atoms with Gasteiger partial charge in [0.2, 0.25) is 11.8 Å². The molecule has 3 atom stereocenters. The van der Waals surface area contributed by atoms with Gasteiger partial charge >= 0.3 is 0 Å². The van der Waals surface area contributed by atoms with Crippen molar-refractivity contribution in [2.24, 2.45) is 17.6 Å². The number of piperidine rings is 1. The molecule has 1 aliphatic heterocycles. The molecular formula is C23H26FN5O3. The number of aromatic nitrogens is 1. The average Bonchev–Trinajstić information content (AvgIpc) is 3.51. The molecule has 1 aliphatic carbocycles. The van der Waals surface area contributed by atoms with Crippen LogP contribution in [0.5, 0.6) is 0 Å². The highest BCUT2D eigenvalue weighted by atomic mass is 19.1. The fourth-order valence-corrected chi connectivity index (χ4v) is 4.48. The van der Waals surface area contributed by atoms with E-state index >= 15 is 0 Å². The van der Waals surface area contributed by atoms with Gasteiger partial charge in [0.25, 0.3) is 5.91 Å². The second-order valence-electron chi connectivity index (χ2n) is 8.72. The van der Waals surface area contributed by atoms with Crippen molar-refractivity contribution in [3.63, 3.8) is 0 Å². The molecule has 3 amide bonds. The first-order valence-corrected chi connectivity index (χ1v) is 11.0. The number of carbonyl (C=O) groups is 3. The van der Waals surface area contributed by atoms with Crippen molar-refractivity contribution in [3.05, 3.63) is 35.8 Å². The number of hydrogen-bond acceptors (Lipinski definition) is 4. The predicted octanol–water partition coefficient (Wildman–Crippen LogP) is 2.15. The molecule has 1 saturated heterocycles. The maximum Gasteiger partial charge on any atom is 0.265 e. The largest absolute Gasteiger partial charge is 0.364 e. The van der Waals surface area contributed by atoms with Crippen molar-refractivity contribution in [1.29, 1.82) is 5.26 Å². The lowest BCUT2D eigenvalue weighted by Gasteiger charge is -2.26. The second-order valence-corrected chi connectivity index (χ2v) is 8.72. The first-order valence-electron chi connectivity index (χ1n) is 11.0. The molecule has 9 heteroatoms. The van der Waals surface area contributed by atoms with Crippen LogP contribution in [0.1, 0.15) is 55.1 Å². The maximum atomic E-state index is 14.0. The van der Waals surface area contributed by atoms with Crippen molar-refractivity contribution in [3.8, 4) is 6.07 Å². The van der Waals surface area contributed by atoms with E-state index in [9.17, 15) is 24.0 Å². The summed E-state index contributed by atoms with van der Waals surface area (Å²) in [5.41, 5.74) is 6.10. The van der Waals surface area contributed by atoms with E-state index in [1.54, 1.807) is 12.1 Å². The van der Waals surface area contributed by atoms with Crippen molar-refractivity contribution >= 4 is 28.6 Å². The van der Waals surface area contributed by atoms with E-state index in [4.69, 9.17) is 5.73 Å². The Kier molecular flexibility index (Phi) is 6.12. The molecule has 4 N–H and O–H groups in total. The molecule has 1 aromatic carbocycles. The Morgan fingerprint density at radius 3 is 2.72 bits per heavy atom. The maximum absolute atomic E-state index is 14.0. The van der Waals surface area contributed by atoms with E-state index in [0.29, 0.717) is 36.2 Å². The number of nitrogens with zero attached hydrogens (tertiary/aromatic N) is 2. The minimum Gasteiger partial charge on any atom is -0.364 e. The quantitative estimate of drug-likeness (QED) is 0.582. The van der Waals surface area contributed by atoms with E-state index in [0.717, 1.165) is 19.3 Å². The van der Waals surface area contributed by atoms with Gasteiger partial charge in [0, 0.05) is 17.8 Å². The van der Waals surface area contributed by atoms with Crippen LogP contribution in [0.15, 0.2) is 24.3 Å². The highest BCUT2D eigenvalue weighted by molar-refractivity contribution is 5.99. The van der Waals surface area contributed by atoms with Crippen molar-refractivity contribution < 1.29 is 18.8 Å². The molecule has 1 aromatic heterocycles.